The van der Waals surface area contributed by atoms with Crippen LogP contribution in [0, 0.1) is 0 Å². The van der Waals surface area contributed by atoms with Crippen molar-refractivity contribution in [1.82, 2.24) is 4.90 Å². The molecule has 1 N–H and O–H groups in total. The second kappa shape index (κ2) is 6.51. The SMILES string of the molecule is C=CCN1C(=O)/C(=C/c2cc(OC)c(O)cc2Cl)SC1=S. The second-order valence-electron chi connectivity index (χ2n) is 4.13. The third-order valence-electron chi connectivity index (χ3n) is 2.77. The number of carbonyl (C=O) groups excluding carboxylic acids is 1. The summed E-state index contributed by atoms with van der Waals surface area (Å²) >= 11 is 12.4. The van der Waals surface area contributed by atoms with Gasteiger partial charge in [-0.3, -0.25) is 9.69 Å². The Labute approximate surface area is 137 Å². The molecule has 1 aliphatic heterocycles. The number of hydrogen-bond donors (Lipinski definition) is 1. The Morgan fingerprint density at radius 1 is 1.57 bits per heavy atom. The number of halogens is 1. The van der Waals surface area contributed by atoms with Crippen LogP contribution >= 0.6 is 35.6 Å². The summed E-state index contributed by atoms with van der Waals surface area (Å²) in [5.41, 5.74) is 0.574. The van der Waals surface area contributed by atoms with Gasteiger partial charge in [0.2, 0.25) is 0 Å². The second-order valence-corrected chi connectivity index (χ2v) is 6.21. The number of thiocarbonyl (C=S) groups is 1. The number of methoxy groups -OCH3 is 1. The third kappa shape index (κ3) is 3.23. The number of thioether (sulfide) groups is 1. The van der Waals surface area contributed by atoms with Gasteiger partial charge in [-0.1, -0.05) is 41.7 Å². The molecule has 7 heteroatoms. The number of benzene rings is 1. The molecule has 1 aromatic rings. The fourth-order valence-corrected chi connectivity index (χ4v) is 3.24. The molecular formula is C14H12ClNO3S2. The molecule has 1 fully saturated rings. The molecule has 0 saturated carbocycles. The summed E-state index contributed by atoms with van der Waals surface area (Å²) in [6.07, 6.45) is 3.25. The van der Waals surface area contributed by atoms with Crippen molar-refractivity contribution >= 4 is 51.9 Å². The molecule has 0 radical (unpaired) electrons. The molecule has 0 spiro atoms. The Bertz CT molecular complexity index is 658. The molecule has 1 heterocycles. The summed E-state index contributed by atoms with van der Waals surface area (Å²) < 4.78 is 5.51. The predicted molar refractivity (Wildman–Crippen MR) is 89.7 cm³/mol. The van der Waals surface area contributed by atoms with Gasteiger partial charge in [0.15, 0.2) is 11.5 Å². The van der Waals surface area contributed by atoms with Crippen molar-refractivity contribution in [1.29, 1.82) is 0 Å². The van der Waals surface area contributed by atoms with E-state index in [1.54, 1.807) is 18.2 Å². The van der Waals surface area contributed by atoms with Gasteiger partial charge in [-0.2, -0.15) is 0 Å². The number of hydrogen-bond acceptors (Lipinski definition) is 5. The van der Waals surface area contributed by atoms with Crippen molar-refractivity contribution in [3.63, 3.8) is 0 Å². The number of nitrogens with zero attached hydrogens (tertiary/aromatic N) is 1. The van der Waals surface area contributed by atoms with Crippen LogP contribution in [0.5, 0.6) is 11.5 Å². The Morgan fingerprint density at radius 2 is 2.29 bits per heavy atom. The van der Waals surface area contributed by atoms with Crippen molar-refractivity contribution < 1.29 is 14.6 Å². The first kappa shape index (κ1) is 15.9. The van der Waals surface area contributed by atoms with Gasteiger partial charge in [-0.25, -0.2) is 0 Å². The predicted octanol–water partition coefficient (Wildman–Crippen LogP) is 3.44. The number of carbonyl (C=O) groups is 1. The van der Waals surface area contributed by atoms with Crippen molar-refractivity contribution in [3.8, 4) is 11.5 Å². The molecular weight excluding hydrogens is 330 g/mol. The highest BCUT2D eigenvalue weighted by Gasteiger charge is 2.31. The van der Waals surface area contributed by atoms with Crippen molar-refractivity contribution in [2.75, 3.05) is 13.7 Å². The van der Waals surface area contributed by atoms with Gasteiger partial charge in [0.25, 0.3) is 5.91 Å². The largest absolute Gasteiger partial charge is 0.504 e. The van der Waals surface area contributed by atoms with Crippen LogP contribution < -0.4 is 4.74 Å². The van der Waals surface area contributed by atoms with E-state index < -0.39 is 0 Å². The van der Waals surface area contributed by atoms with E-state index in [9.17, 15) is 9.90 Å². The van der Waals surface area contributed by atoms with Crippen LogP contribution in [-0.2, 0) is 4.79 Å². The van der Waals surface area contributed by atoms with Crippen LogP contribution in [0.25, 0.3) is 6.08 Å². The summed E-state index contributed by atoms with van der Waals surface area (Å²) in [5.74, 6) is 0.0408. The normalized spacial score (nSPS) is 16.7. The molecule has 21 heavy (non-hydrogen) atoms. The lowest BCUT2D eigenvalue weighted by atomic mass is 10.2. The number of ether oxygens (including phenoxy) is 1. The van der Waals surface area contributed by atoms with Gasteiger partial charge in [0.1, 0.15) is 4.32 Å². The lowest BCUT2D eigenvalue weighted by molar-refractivity contribution is -0.121. The summed E-state index contributed by atoms with van der Waals surface area (Å²) in [7, 11) is 1.44. The molecule has 1 amide bonds. The Hall–Kier alpha value is -1.50. The van der Waals surface area contributed by atoms with E-state index in [1.165, 1.54) is 29.8 Å². The standard InChI is InChI=1S/C14H12ClNO3S2/c1-3-4-16-13(18)12(21-14(16)20)6-8-5-11(19-2)10(17)7-9(8)15/h3,5-7,17H,1,4H2,2H3/b12-6-. The topological polar surface area (TPSA) is 49.8 Å². The minimum absolute atomic E-state index is 0.0566. The monoisotopic (exact) mass is 341 g/mol. The van der Waals surface area contributed by atoms with Gasteiger partial charge >= 0.3 is 0 Å². The van der Waals surface area contributed by atoms with E-state index in [-0.39, 0.29) is 17.4 Å². The number of amides is 1. The van der Waals surface area contributed by atoms with Crippen molar-refractivity contribution in [3.05, 3.63) is 40.3 Å². The molecule has 2 rings (SSSR count). The highest BCUT2D eigenvalue weighted by Crippen LogP contribution is 2.37. The minimum atomic E-state index is -0.187. The molecule has 4 nitrogen and oxygen atoms in total. The third-order valence-corrected chi connectivity index (χ3v) is 4.48. The van der Waals surface area contributed by atoms with Crippen molar-refractivity contribution in [2.45, 2.75) is 0 Å². The van der Waals surface area contributed by atoms with Gasteiger partial charge in [0.05, 0.1) is 17.0 Å². The summed E-state index contributed by atoms with van der Waals surface area (Å²) in [6.45, 7) is 3.97. The first-order valence-corrected chi connectivity index (χ1v) is 7.51. The highest BCUT2D eigenvalue weighted by molar-refractivity contribution is 8.26. The fraction of sp³-hybridized carbons (Fsp3) is 0.143. The molecule has 0 aromatic heterocycles. The first-order chi connectivity index (χ1) is 9.97. The highest BCUT2D eigenvalue weighted by atomic mass is 35.5. The number of rotatable bonds is 4. The molecule has 0 aliphatic carbocycles. The zero-order chi connectivity index (χ0) is 15.6. The van der Waals surface area contributed by atoms with E-state index in [2.05, 4.69) is 6.58 Å². The molecule has 0 atom stereocenters. The zero-order valence-electron chi connectivity index (χ0n) is 11.1. The van der Waals surface area contributed by atoms with Crippen LogP contribution in [0.1, 0.15) is 5.56 Å². The summed E-state index contributed by atoms with van der Waals surface area (Å²) in [4.78, 5) is 14.2. The first-order valence-electron chi connectivity index (χ1n) is 5.90. The zero-order valence-corrected chi connectivity index (χ0v) is 13.5. The molecule has 0 unspecified atom stereocenters. The van der Waals surface area contributed by atoms with Gasteiger partial charge in [-0.15, -0.1) is 6.58 Å². The van der Waals surface area contributed by atoms with Crippen molar-refractivity contribution in [2.24, 2.45) is 0 Å². The average molecular weight is 342 g/mol. The van der Waals surface area contributed by atoms with Gasteiger partial charge < -0.3 is 9.84 Å². The number of phenols is 1. The number of aromatic hydroxyl groups is 1. The molecule has 1 aliphatic rings. The molecule has 1 saturated heterocycles. The van der Waals surface area contributed by atoms with E-state index in [0.29, 0.717) is 26.4 Å². The van der Waals surface area contributed by atoms with Crippen LogP contribution in [0.2, 0.25) is 5.02 Å². The quantitative estimate of drug-likeness (QED) is 0.516. The molecule has 110 valence electrons. The van der Waals surface area contributed by atoms with Crippen LogP contribution in [0.15, 0.2) is 29.7 Å². The van der Waals surface area contributed by atoms with Crippen LogP contribution in [0.4, 0.5) is 0 Å². The fourth-order valence-electron chi connectivity index (χ4n) is 1.76. The maximum Gasteiger partial charge on any atom is 0.266 e. The van der Waals surface area contributed by atoms with Gasteiger partial charge in [-0.05, 0) is 17.7 Å². The Kier molecular flexibility index (Phi) is 4.92. The molecule has 1 aromatic carbocycles. The van der Waals surface area contributed by atoms with Crippen LogP contribution in [0.3, 0.4) is 0 Å². The average Bonchev–Trinajstić information content (AvgIpc) is 2.70. The van der Waals surface area contributed by atoms with E-state index in [0.717, 1.165) is 0 Å². The maximum atomic E-state index is 12.2. The summed E-state index contributed by atoms with van der Waals surface area (Å²) in [6, 6.07) is 2.94. The minimum Gasteiger partial charge on any atom is -0.504 e. The lowest BCUT2D eigenvalue weighted by Crippen LogP contribution is -2.27. The van der Waals surface area contributed by atoms with E-state index in [4.69, 9.17) is 28.6 Å². The van der Waals surface area contributed by atoms with E-state index in [1.807, 2.05) is 0 Å². The summed E-state index contributed by atoms with van der Waals surface area (Å²) in [5, 5.41) is 9.96. The maximum absolute atomic E-state index is 12.2. The smallest absolute Gasteiger partial charge is 0.266 e. The Morgan fingerprint density at radius 3 is 2.90 bits per heavy atom. The van der Waals surface area contributed by atoms with Gasteiger partial charge in [0, 0.05) is 12.6 Å². The molecule has 0 bridgehead atoms. The lowest BCUT2D eigenvalue weighted by Gasteiger charge is -2.10. The van der Waals surface area contributed by atoms with E-state index >= 15 is 0 Å². The van der Waals surface area contributed by atoms with Crippen LogP contribution in [-0.4, -0.2) is 33.9 Å². The number of phenolic OH excluding ortho intramolecular Hbond substituents is 1. The Balaban J connectivity index is 2.39.